The number of nitriles is 1. The van der Waals surface area contributed by atoms with Gasteiger partial charge in [-0.25, -0.2) is 9.18 Å². The maximum atomic E-state index is 13.8. The van der Waals surface area contributed by atoms with Crippen LogP contribution in [0.1, 0.15) is 15.9 Å². The lowest BCUT2D eigenvalue weighted by Gasteiger charge is -2.13. The molecule has 3 amide bonds. The molecule has 0 spiro atoms. The van der Waals surface area contributed by atoms with Crippen molar-refractivity contribution in [2.24, 2.45) is 0 Å². The van der Waals surface area contributed by atoms with E-state index in [2.05, 4.69) is 15.4 Å². The van der Waals surface area contributed by atoms with E-state index >= 15 is 0 Å². The van der Waals surface area contributed by atoms with Crippen LogP contribution in [0.5, 0.6) is 11.5 Å². The zero-order valence-electron chi connectivity index (χ0n) is 17.9. The Labute approximate surface area is 204 Å². The van der Waals surface area contributed by atoms with Crippen LogP contribution in [0.15, 0.2) is 59.5 Å². The van der Waals surface area contributed by atoms with Gasteiger partial charge >= 0.3 is 6.03 Å². The molecule has 0 aliphatic carbocycles. The van der Waals surface area contributed by atoms with Crippen LogP contribution < -0.4 is 24.8 Å². The highest BCUT2D eigenvalue weighted by molar-refractivity contribution is 7.98. The first-order valence-corrected chi connectivity index (χ1v) is 10.8. The van der Waals surface area contributed by atoms with E-state index in [4.69, 9.17) is 21.1 Å². The quantitative estimate of drug-likeness (QED) is 0.372. The minimum atomic E-state index is -0.664. The molecule has 3 rings (SSSR count). The van der Waals surface area contributed by atoms with E-state index in [0.29, 0.717) is 21.4 Å². The van der Waals surface area contributed by atoms with Crippen molar-refractivity contribution >= 4 is 46.9 Å². The number of nitrogens with one attached hydrogen (secondary N) is 3. The van der Waals surface area contributed by atoms with Gasteiger partial charge < -0.3 is 20.1 Å². The smallest absolute Gasteiger partial charge is 0.329 e. The normalized spacial score (nSPS) is 10.1. The lowest BCUT2D eigenvalue weighted by Crippen LogP contribution is -2.23. The fraction of sp³-hybridized carbons (Fsp3) is 0.0870. The number of carbonyl (C=O) groups excluding carboxylic acids is 2. The number of nitrogens with zero attached hydrogens (tertiary/aromatic N) is 1. The van der Waals surface area contributed by atoms with E-state index in [1.54, 1.807) is 12.1 Å². The fourth-order valence-electron chi connectivity index (χ4n) is 2.83. The number of urea groups is 1. The number of carbonyl (C=O) groups is 2. The molecule has 0 aliphatic heterocycles. The SMILES string of the molecule is COc1cc(OC)c(SNC(=O)Nc2ccc(NC(=O)c3ccccc3F)cc2C#N)cc1Cl. The number of rotatable bonds is 7. The van der Waals surface area contributed by atoms with Crippen LogP contribution >= 0.6 is 23.5 Å². The standard InChI is InChI=1S/C23H18ClFN4O4S/c1-32-19-11-20(33-2)21(10-16(19)24)34-29-23(31)28-18-8-7-14(9-13(18)12-26)27-22(30)15-5-3-4-6-17(15)25/h3-11H,1-2H3,(H,27,30)(H2,28,29,31). The average molecular weight is 501 g/mol. The van der Waals surface area contributed by atoms with Crippen molar-refractivity contribution in [3.8, 4) is 17.6 Å². The summed E-state index contributed by atoms with van der Waals surface area (Å²) in [6.45, 7) is 0. The molecule has 8 nitrogen and oxygen atoms in total. The third-order valence-corrected chi connectivity index (χ3v) is 5.58. The van der Waals surface area contributed by atoms with Crippen molar-refractivity contribution < 1.29 is 23.5 Å². The molecular formula is C23H18ClFN4O4S. The Hall–Kier alpha value is -3.94. The average Bonchev–Trinajstić information content (AvgIpc) is 2.83. The van der Waals surface area contributed by atoms with Gasteiger partial charge in [-0.05, 0) is 48.3 Å². The first-order valence-electron chi connectivity index (χ1n) is 9.61. The molecule has 0 aromatic heterocycles. The number of amides is 3. The summed E-state index contributed by atoms with van der Waals surface area (Å²) in [5, 5.41) is 14.9. The van der Waals surface area contributed by atoms with Gasteiger partial charge in [-0.3, -0.25) is 9.52 Å². The van der Waals surface area contributed by atoms with Crippen LogP contribution in [-0.2, 0) is 0 Å². The molecule has 0 aliphatic rings. The number of benzene rings is 3. The van der Waals surface area contributed by atoms with Crippen LogP contribution in [0.4, 0.5) is 20.6 Å². The van der Waals surface area contributed by atoms with Crippen molar-refractivity contribution in [2.45, 2.75) is 4.90 Å². The maximum absolute atomic E-state index is 13.8. The second kappa shape index (κ2) is 11.3. The molecule has 34 heavy (non-hydrogen) atoms. The van der Waals surface area contributed by atoms with Gasteiger partial charge in [0.1, 0.15) is 23.4 Å². The molecule has 0 bridgehead atoms. The monoisotopic (exact) mass is 500 g/mol. The second-order valence-electron chi connectivity index (χ2n) is 6.60. The Morgan fingerprint density at radius 1 is 1.03 bits per heavy atom. The van der Waals surface area contributed by atoms with Crippen LogP contribution in [0.25, 0.3) is 0 Å². The lowest BCUT2D eigenvalue weighted by atomic mass is 10.1. The maximum Gasteiger partial charge on any atom is 0.329 e. The molecule has 0 heterocycles. The minimum absolute atomic E-state index is 0.0940. The molecule has 0 saturated carbocycles. The van der Waals surface area contributed by atoms with Gasteiger partial charge in [0, 0.05) is 11.8 Å². The van der Waals surface area contributed by atoms with E-state index in [1.807, 2.05) is 6.07 Å². The van der Waals surface area contributed by atoms with Crippen LogP contribution in [0.3, 0.4) is 0 Å². The zero-order valence-corrected chi connectivity index (χ0v) is 19.5. The van der Waals surface area contributed by atoms with Gasteiger partial charge in [-0.2, -0.15) is 5.26 Å². The first-order chi connectivity index (χ1) is 16.4. The van der Waals surface area contributed by atoms with Crippen LogP contribution in [0, 0.1) is 17.1 Å². The number of anilines is 2. The molecule has 0 atom stereocenters. The van der Waals surface area contributed by atoms with Gasteiger partial charge in [-0.1, -0.05) is 23.7 Å². The lowest BCUT2D eigenvalue weighted by molar-refractivity contribution is 0.102. The molecule has 0 saturated heterocycles. The highest BCUT2D eigenvalue weighted by Gasteiger charge is 2.15. The van der Waals surface area contributed by atoms with E-state index in [-0.39, 0.29) is 22.5 Å². The number of ether oxygens (including phenoxy) is 2. The van der Waals surface area contributed by atoms with Gasteiger partial charge in [0.25, 0.3) is 5.91 Å². The van der Waals surface area contributed by atoms with E-state index < -0.39 is 17.8 Å². The summed E-state index contributed by atoms with van der Waals surface area (Å²) in [6, 6.07) is 14.3. The molecule has 3 aromatic rings. The number of hydrogen-bond donors (Lipinski definition) is 3. The molecule has 3 N–H and O–H groups in total. The zero-order chi connectivity index (χ0) is 24.7. The van der Waals surface area contributed by atoms with Crippen molar-refractivity contribution in [1.29, 1.82) is 5.26 Å². The largest absolute Gasteiger partial charge is 0.495 e. The Morgan fingerprint density at radius 3 is 2.44 bits per heavy atom. The summed E-state index contributed by atoms with van der Waals surface area (Å²) in [7, 11) is 2.95. The van der Waals surface area contributed by atoms with Gasteiger partial charge in [0.15, 0.2) is 0 Å². The Bertz CT molecular complexity index is 1280. The van der Waals surface area contributed by atoms with Crippen molar-refractivity contribution in [3.05, 3.63) is 76.6 Å². The summed E-state index contributed by atoms with van der Waals surface area (Å²) < 4.78 is 26.8. The Balaban J connectivity index is 1.67. The summed E-state index contributed by atoms with van der Waals surface area (Å²) in [5.74, 6) is -0.459. The Morgan fingerprint density at radius 2 is 1.76 bits per heavy atom. The predicted octanol–water partition coefficient (Wildman–Crippen LogP) is 5.45. The van der Waals surface area contributed by atoms with Crippen LogP contribution in [-0.4, -0.2) is 26.2 Å². The first kappa shape index (κ1) is 24.7. The molecule has 11 heteroatoms. The van der Waals surface area contributed by atoms with E-state index in [1.165, 1.54) is 56.7 Å². The predicted molar refractivity (Wildman–Crippen MR) is 128 cm³/mol. The highest BCUT2D eigenvalue weighted by atomic mass is 35.5. The van der Waals surface area contributed by atoms with Gasteiger partial charge in [-0.15, -0.1) is 0 Å². The van der Waals surface area contributed by atoms with Crippen LogP contribution in [0.2, 0.25) is 5.02 Å². The third kappa shape index (κ3) is 5.89. The van der Waals surface area contributed by atoms with Crippen molar-refractivity contribution in [1.82, 2.24) is 4.72 Å². The molecular weight excluding hydrogens is 483 g/mol. The number of methoxy groups -OCH3 is 2. The fourth-order valence-corrected chi connectivity index (χ4v) is 3.81. The molecule has 3 aromatic carbocycles. The number of halogens is 2. The highest BCUT2D eigenvalue weighted by Crippen LogP contribution is 2.37. The molecule has 0 radical (unpaired) electrons. The van der Waals surface area contributed by atoms with Gasteiger partial charge in [0.05, 0.1) is 41.0 Å². The van der Waals surface area contributed by atoms with E-state index in [0.717, 1.165) is 11.9 Å². The summed E-state index contributed by atoms with van der Waals surface area (Å²) in [6.07, 6.45) is 0. The van der Waals surface area contributed by atoms with E-state index in [9.17, 15) is 19.2 Å². The Kier molecular flexibility index (Phi) is 8.19. The summed E-state index contributed by atoms with van der Waals surface area (Å²) in [4.78, 5) is 25.2. The summed E-state index contributed by atoms with van der Waals surface area (Å²) in [5.41, 5.74) is 0.442. The molecule has 0 fully saturated rings. The summed E-state index contributed by atoms with van der Waals surface area (Å²) >= 11 is 7.09. The number of hydrogen-bond acceptors (Lipinski definition) is 6. The topological polar surface area (TPSA) is 112 Å². The van der Waals surface area contributed by atoms with Gasteiger partial charge in [0.2, 0.25) is 0 Å². The van der Waals surface area contributed by atoms with Crippen molar-refractivity contribution in [3.63, 3.8) is 0 Å². The molecule has 0 unspecified atom stereocenters. The molecule has 174 valence electrons. The van der Waals surface area contributed by atoms with Crippen molar-refractivity contribution in [2.75, 3.05) is 24.9 Å². The third-order valence-electron chi connectivity index (χ3n) is 4.46. The minimum Gasteiger partial charge on any atom is -0.495 e. The second-order valence-corrected chi connectivity index (χ2v) is 7.86.